The molecule has 0 fully saturated rings. The first kappa shape index (κ1) is 16.3. The first-order valence-electron chi connectivity index (χ1n) is 6.56. The van der Waals surface area contributed by atoms with Crippen molar-refractivity contribution in [2.75, 3.05) is 0 Å². The normalized spacial score (nSPS) is 12.1. The minimum absolute atomic E-state index is 0.141. The number of imidazole rings is 1. The zero-order valence-electron chi connectivity index (χ0n) is 12.3. The predicted molar refractivity (Wildman–Crippen MR) is 77.1 cm³/mol. The Hall–Kier alpha value is -2.55. The number of carbonyl (C=O) groups is 1. The van der Waals surface area contributed by atoms with E-state index in [1.54, 1.807) is 13.8 Å². The number of aromatic nitrogens is 3. The average molecular weight is 360 g/mol. The molecule has 3 heterocycles. The molecule has 0 aliphatic carbocycles. The molecule has 1 N–H and O–H groups in total. The van der Waals surface area contributed by atoms with E-state index >= 15 is 0 Å². The van der Waals surface area contributed by atoms with Crippen LogP contribution in [-0.2, 0) is 6.18 Å². The molecule has 0 amide bonds. The van der Waals surface area contributed by atoms with Crippen molar-refractivity contribution in [3.63, 3.8) is 0 Å². The van der Waals surface area contributed by atoms with Crippen LogP contribution in [0.5, 0.6) is 0 Å². The summed E-state index contributed by atoms with van der Waals surface area (Å²) in [6.07, 6.45) is -3.47. The maximum atomic E-state index is 13.4. The standard InChI is InChI=1S/C14H9ClF3N3O3/c1-5-9(6(2)24-20-5)7-3-8(14(16,17)18)12-19-10(13(22)23)11(15)21(12)4-7/h3-4H,1-2H3,(H,22,23). The first-order valence-corrected chi connectivity index (χ1v) is 6.94. The molecule has 0 bridgehead atoms. The van der Waals surface area contributed by atoms with Crippen LogP contribution in [-0.4, -0.2) is 25.6 Å². The summed E-state index contributed by atoms with van der Waals surface area (Å²) in [5.41, 5.74) is -1.42. The fourth-order valence-corrected chi connectivity index (χ4v) is 2.75. The fraction of sp³-hybridized carbons (Fsp3) is 0.214. The summed E-state index contributed by atoms with van der Waals surface area (Å²) >= 11 is 5.90. The van der Waals surface area contributed by atoms with Gasteiger partial charge in [0.15, 0.2) is 11.3 Å². The van der Waals surface area contributed by atoms with E-state index in [1.807, 2.05) is 0 Å². The summed E-state index contributed by atoms with van der Waals surface area (Å²) in [5.74, 6) is -1.19. The lowest BCUT2D eigenvalue weighted by molar-refractivity contribution is -0.136. The largest absolute Gasteiger partial charge is 0.476 e. The molecule has 0 atom stereocenters. The van der Waals surface area contributed by atoms with Crippen LogP contribution >= 0.6 is 11.6 Å². The molecule has 0 aliphatic rings. The minimum atomic E-state index is -4.75. The number of nitrogens with zero attached hydrogens (tertiary/aromatic N) is 3. The molecular weight excluding hydrogens is 351 g/mol. The highest BCUT2D eigenvalue weighted by Gasteiger charge is 2.36. The lowest BCUT2D eigenvalue weighted by Gasteiger charge is -2.11. The van der Waals surface area contributed by atoms with Crippen molar-refractivity contribution in [2.45, 2.75) is 20.0 Å². The summed E-state index contributed by atoms with van der Waals surface area (Å²) < 4.78 is 46.1. The smallest absolute Gasteiger partial charge is 0.420 e. The van der Waals surface area contributed by atoms with Gasteiger partial charge in [0.2, 0.25) is 0 Å². The van der Waals surface area contributed by atoms with Gasteiger partial charge in [-0.3, -0.25) is 4.40 Å². The van der Waals surface area contributed by atoms with Gasteiger partial charge in [-0.15, -0.1) is 0 Å². The Kier molecular flexibility index (Phi) is 3.56. The van der Waals surface area contributed by atoms with Crippen molar-refractivity contribution in [1.82, 2.24) is 14.5 Å². The van der Waals surface area contributed by atoms with Crippen LogP contribution in [0.1, 0.15) is 27.5 Å². The molecule has 0 saturated carbocycles. The number of fused-ring (bicyclic) bond motifs is 1. The van der Waals surface area contributed by atoms with E-state index in [0.29, 0.717) is 17.0 Å². The number of halogens is 4. The van der Waals surface area contributed by atoms with Crippen molar-refractivity contribution < 1.29 is 27.6 Å². The van der Waals surface area contributed by atoms with Gasteiger partial charge >= 0.3 is 12.1 Å². The number of carboxylic acid groups (broad SMARTS) is 1. The Labute approximate surface area is 137 Å². The lowest BCUT2D eigenvalue weighted by atomic mass is 10.0. The highest BCUT2D eigenvalue weighted by atomic mass is 35.5. The van der Waals surface area contributed by atoms with Crippen molar-refractivity contribution in [2.24, 2.45) is 0 Å². The van der Waals surface area contributed by atoms with Gasteiger partial charge in [0.05, 0.1) is 11.3 Å². The summed E-state index contributed by atoms with van der Waals surface area (Å²) in [5, 5.41) is 12.3. The molecule has 0 aliphatic heterocycles. The number of hydrogen-bond acceptors (Lipinski definition) is 4. The number of pyridine rings is 1. The molecule has 3 aromatic heterocycles. The number of carboxylic acids is 1. The van der Waals surface area contributed by atoms with E-state index < -0.39 is 34.2 Å². The SMILES string of the molecule is Cc1noc(C)c1-c1cc(C(F)(F)F)c2nc(C(=O)O)c(Cl)n2c1. The zero-order chi connectivity index (χ0) is 17.8. The Bertz CT molecular complexity index is 956. The first-order chi connectivity index (χ1) is 11.1. The van der Waals surface area contributed by atoms with Gasteiger partial charge in [0, 0.05) is 17.3 Å². The number of aromatic carboxylic acids is 1. The van der Waals surface area contributed by atoms with Gasteiger partial charge in [0.1, 0.15) is 10.9 Å². The molecule has 0 saturated heterocycles. The van der Waals surface area contributed by atoms with Crippen molar-refractivity contribution in [3.05, 3.63) is 40.1 Å². The summed E-state index contributed by atoms with van der Waals surface area (Å²) in [6.45, 7) is 3.15. The molecule has 6 nitrogen and oxygen atoms in total. The van der Waals surface area contributed by atoms with Crippen LogP contribution < -0.4 is 0 Å². The molecular formula is C14H9ClF3N3O3. The number of aryl methyl sites for hydroxylation is 2. The molecule has 3 aromatic rings. The number of hydrogen-bond donors (Lipinski definition) is 1. The second-order valence-corrected chi connectivity index (χ2v) is 5.45. The van der Waals surface area contributed by atoms with E-state index in [0.717, 1.165) is 10.5 Å². The van der Waals surface area contributed by atoms with Gasteiger partial charge in [-0.25, -0.2) is 9.78 Å². The second-order valence-electron chi connectivity index (χ2n) is 5.09. The lowest BCUT2D eigenvalue weighted by Crippen LogP contribution is -2.08. The number of rotatable bonds is 2. The van der Waals surface area contributed by atoms with Gasteiger partial charge in [-0.1, -0.05) is 16.8 Å². The molecule has 0 radical (unpaired) electrons. The van der Waals surface area contributed by atoms with Crippen LogP contribution in [0.3, 0.4) is 0 Å². The van der Waals surface area contributed by atoms with Gasteiger partial charge in [-0.2, -0.15) is 13.2 Å². The molecule has 24 heavy (non-hydrogen) atoms. The quantitative estimate of drug-likeness (QED) is 0.748. The fourth-order valence-electron chi connectivity index (χ4n) is 2.49. The van der Waals surface area contributed by atoms with Crippen molar-refractivity contribution in [1.29, 1.82) is 0 Å². The molecule has 126 valence electrons. The van der Waals surface area contributed by atoms with Crippen LogP contribution in [0, 0.1) is 13.8 Å². The maximum Gasteiger partial charge on any atom is 0.420 e. The van der Waals surface area contributed by atoms with Crippen LogP contribution in [0.2, 0.25) is 5.15 Å². The van der Waals surface area contributed by atoms with Crippen molar-refractivity contribution in [3.8, 4) is 11.1 Å². The molecule has 3 rings (SSSR count). The monoisotopic (exact) mass is 359 g/mol. The summed E-state index contributed by atoms with van der Waals surface area (Å²) in [4.78, 5) is 14.6. The second kappa shape index (κ2) is 5.23. The van der Waals surface area contributed by atoms with Gasteiger partial charge < -0.3 is 9.63 Å². The summed E-state index contributed by atoms with van der Waals surface area (Å²) in [6, 6.07) is 0.872. The third kappa shape index (κ3) is 2.41. The molecule has 0 unspecified atom stereocenters. The molecule has 0 aromatic carbocycles. The zero-order valence-corrected chi connectivity index (χ0v) is 13.0. The van der Waals surface area contributed by atoms with Crippen LogP contribution in [0.4, 0.5) is 13.2 Å². The van der Waals surface area contributed by atoms with E-state index in [-0.39, 0.29) is 5.56 Å². The van der Waals surface area contributed by atoms with E-state index in [4.69, 9.17) is 21.2 Å². The van der Waals surface area contributed by atoms with E-state index in [9.17, 15) is 18.0 Å². The minimum Gasteiger partial charge on any atom is -0.476 e. The highest BCUT2D eigenvalue weighted by molar-refractivity contribution is 6.32. The Morgan fingerprint density at radius 2 is 2.04 bits per heavy atom. The highest BCUT2D eigenvalue weighted by Crippen LogP contribution is 2.38. The molecule has 0 spiro atoms. The third-order valence-electron chi connectivity index (χ3n) is 3.49. The van der Waals surface area contributed by atoms with E-state index in [2.05, 4.69) is 10.1 Å². The Morgan fingerprint density at radius 3 is 2.54 bits per heavy atom. The third-order valence-corrected chi connectivity index (χ3v) is 3.85. The maximum absolute atomic E-state index is 13.4. The predicted octanol–water partition coefficient (Wildman–Crippen LogP) is 3.98. The average Bonchev–Trinajstić information content (AvgIpc) is 2.98. The van der Waals surface area contributed by atoms with Gasteiger partial charge in [-0.05, 0) is 19.9 Å². The van der Waals surface area contributed by atoms with E-state index in [1.165, 1.54) is 6.20 Å². The van der Waals surface area contributed by atoms with Gasteiger partial charge in [0.25, 0.3) is 0 Å². The van der Waals surface area contributed by atoms with Crippen LogP contribution in [0.25, 0.3) is 16.8 Å². The Morgan fingerprint density at radius 1 is 1.38 bits per heavy atom. The Balaban J connectivity index is 2.42. The number of alkyl halides is 3. The molecule has 10 heteroatoms. The summed E-state index contributed by atoms with van der Waals surface area (Å²) in [7, 11) is 0. The van der Waals surface area contributed by atoms with Crippen molar-refractivity contribution >= 4 is 23.2 Å². The van der Waals surface area contributed by atoms with Crippen LogP contribution in [0.15, 0.2) is 16.8 Å². The topological polar surface area (TPSA) is 80.6 Å².